The summed E-state index contributed by atoms with van der Waals surface area (Å²) in [5, 5.41) is 10.4. The maximum Gasteiger partial charge on any atom is 0.457 e. The fourth-order valence-corrected chi connectivity index (χ4v) is 1.16. The topological polar surface area (TPSA) is 87.0 Å². The van der Waals surface area contributed by atoms with Crippen molar-refractivity contribution in [3.05, 3.63) is 34.4 Å². The summed E-state index contributed by atoms with van der Waals surface area (Å²) in [7, 11) is 0. The Balaban J connectivity index is 2.81. The SMILES string of the molecule is Nn1c([N+](=O)[O-])nc2ccccc21. The van der Waals surface area contributed by atoms with Gasteiger partial charge < -0.3 is 10.1 Å². The van der Waals surface area contributed by atoms with Gasteiger partial charge in [0.15, 0.2) is 11.0 Å². The van der Waals surface area contributed by atoms with E-state index < -0.39 is 4.92 Å². The van der Waals surface area contributed by atoms with Crippen LogP contribution >= 0.6 is 0 Å². The number of fused-ring (bicyclic) bond motifs is 1. The maximum absolute atomic E-state index is 10.4. The first-order chi connectivity index (χ1) is 6.20. The summed E-state index contributed by atoms with van der Waals surface area (Å²) in [6.45, 7) is 0. The molecule has 13 heavy (non-hydrogen) atoms. The molecule has 0 spiro atoms. The summed E-state index contributed by atoms with van der Waals surface area (Å²) >= 11 is 0. The second kappa shape index (κ2) is 2.44. The molecule has 0 amide bonds. The van der Waals surface area contributed by atoms with Crippen molar-refractivity contribution in [1.29, 1.82) is 0 Å². The number of rotatable bonds is 1. The zero-order valence-electron chi connectivity index (χ0n) is 6.54. The van der Waals surface area contributed by atoms with E-state index in [9.17, 15) is 10.1 Å². The summed E-state index contributed by atoms with van der Waals surface area (Å²) in [4.78, 5) is 13.6. The minimum atomic E-state index is -0.611. The Bertz CT molecular complexity index is 476. The molecule has 1 aromatic heterocycles. The van der Waals surface area contributed by atoms with Gasteiger partial charge in [0.05, 0.1) is 0 Å². The number of aromatic nitrogens is 2. The molecule has 1 heterocycles. The number of hydrogen-bond acceptors (Lipinski definition) is 4. The van der Waals surface area contributed by atoms with Gasteiger partial charge in [-0.25, -0.2) is 0 Å². The number of nitrogens with zero attached hydrogens (tertiary/aromatic N) is 3. The molecule has 0 radical (unpaired) electrons. The molecular weight excluding hydrogens is 172 g/mol. The minimum Gasteiger partial charge on any atom is -0.390 e. The lowest BCUT2D eigenvalue weighted by Crippen LogP contribution is -2.11. The van der Waals surface area contributed by atoms with Crippen LogP contribution in [0.15, 0.2) is 24.3 Å². The van der Waals surface area contributed by atoms with E-state index in [1.165, 1.54) is 0 Å². The van der Waals surface area contributed by atoms with Crippen LogP contribution in [0.25, 0.3) is 11.0 Å². The van der Waals surface area contributed by atoms with Crippen LogP contribution in [-0.2, 0) is 0 Å². The van der Waals surface area contributed by atoms with Gasteiger partial charge in [-0.2, -0.15) is 0 Å². The van der Waals surface area contributed by atoms with Crippen molar-refractivity contribution in [3.8, 4) is 0 Å². The van der Waals surface area contributed by atoms with Gasteiger partial charge in [-0.05, 0) is 17.1 Å². The van der Waals surface area contributed by atoms with Gasteiger partial charge in [-0.15, -0.1) is 4.68 Å². The van der Waals surface area contributed by atoms with Crippen molar-refractivity contribution in [2.75, 3.05) is 5.84 Å². The quantitative estimate of drug-likeness (QED) is 0.394. The lowest BCUT2D eigenvalue weighted by molar-refractivity contribution is -0.395. The number of imidazole rings is 1. The lowest BCUT2D eigenvalue weighted by atomic mass is 10.3. The van der Waals surface area contributed by atoms with E-state index >= 15 is 0 Å². The standard InChI is InChI=1S/C7H6N4O2/c8-10-6-4-2-1-3-5(6)9-7(10)11(12)13/h1-4H,8H2. The molecule has 0 aliphatic carbocycles. The van der Waals surface area contributed by atoms with Gasteiger partial charge in [0, 0.05) is 0 Å². The predicted octanol–water partition coefficient (Wildman–Crippen LogP) is 0.658. The first kappa shape index (κ1) is 7.53. The average Bonchev–Trinajstić information content (AvgIpc) is 2.45. The highest BCUT2D eigenvalue weighted by atomic mass is 16.6. The van der Waals surface area contributed by atoms with Crippen LogP contribution in [0, 0.1) is 10.1 Å². The van der Waals surface area contributed by atoms with Gasteiger partial charge in [0.25, 0.3) is 0 Å². The molecule has 0 unspecified atom stereocenters. The molecule has 0 saturated heterocycles. The van der Waals surface area contributed by atoms with Crippen LogP contribution in [0.3, 0.4) is 0 Å². The number of nitrogen functional groups attached to an aromatic ring is 1. The Labute approximate surface area is 72.7 Å². The molecule has 1 aromatic carbocycles. The Morgan fingerprint density at radius 1 is 1.46 bits per heavy atom. The van der Waals surface area contributed by atoms with E-state index in [1.807, 2.05) is 0 Å². The van der Waals surface area contributed by atoms with Crippen molar-refractivity contribution in [2.24, 2.45) is 0 Å². The fourth-order valence-electron chi connectivity index (χ4n) is 1.16. The molecule has 0 atom stereocenters. The average molecular weight is 178 g/mol. The number of para-hydroxylation sites is 2. The zero-order chi connectivity index (χ0) is 9.42. The van der Waals surface area contributed by atoms with Crippen LogP contribution in [0.2, 0.25) is 0 Å². The first-order valence-electron chi connectivity index (χ1n) is 3.57. The van der Waals surface area contributed by atoms with Gasteiger partial charge in [-0.3, -0.25) is 5.84 Å². The number of nitro groups is 1. The summed E-state index contributed by atoms with van der Waals surface area (Å²) in [5.74, 6) is 5.11. The molecule has 66 valence electrons. The lowest BCUT2D eigenvalue weighted by Gasteiger charge is -1.92. The van der Waals surface area contributed by atoms with Gasteiger partial charge in [-0.1, -0.05) is 17.1 Å². The molecule has 2 N–H and O–H groups in total. The molecule has 6 heteroatoms. The molecule has 2 aromatic rings. The van der Waals surface area contributed by atoms with Crippen LogP contribution in [-0.4, -0.2) is 14.6 Å². The molecule has 0 saturated carbocycles. The van der Waals surface area contributed by atoms with Gasteiger partial charge in [0.2, 0.25) is 0 Å². The molecule has 0 bridgehead atoms. The molecule has 2 rings (SSSR count). The van der Waals surface area contributed by atoms with Crippen molar-refractivity contribution in [2.45, 2.75) is 0 Å². The highest BCUT2D eigenvalue weighted by molar-refractivity contribution is 5.77. The molecule has 0 aliphatic heterocycles. The summed E-state index contributed by atoms with van der Waals surface area (Å²) in [6.07, 6.45) is 0. The second-order valence-electron chi connectivity index (χ2n) is 2.53. The van der Waals surface area contributed by atoms with E-state index in [4.69, 9.17) is 5.84 Å². The second-order valence-corrected chi connectivity index (χ2v) is 2.53. The maximum atomic E-state index is 10.4. The van der Waals surface area contributed by atoms with Crippen LogP contribution in [0.1, 0.15) is 0 Å². The van der Waals surface area contributed by atoms with E-state index in [2.05, 4.69) is 4.98 Å². The normalized spacial score (nSPS) is 10.5. The Kier molecular flexibility index (Phi) is 1.42. The zero-order valence-corrected chi connectivity index (χ0v) is 6.54. The van der Waals surface area contributed by atoms with E-state index in [-0.39, 0.29) is 5.95 Å². The third kappa shape index (κ3) is 0.994. The van der Waals surface area contributed by atoms with Crippen LogP contribution < -0.4 is 5.84 Å². The summed E-state index contributed by atoms with van der Waals surface area (Å²) < 4.78 is 0.968. The number of nitrogens with two attached hydrogens (primary N) is 1. The Hall–Kier alpha value is -2.11. The first-order valence-corrected chi connectivity index (χ1v) is 3.57. The van der Waals surface area contributed by atoms with Gasteiger partial charge >= 0.3 is 5.95 Å². The number of benzene rings is 1. The largest absolute Gasteiger partial charge is 0.457 e. The Morgan fingerprint density at radius 2 is 2.15 bits per heavy atom. The van der Waals surface area contributed by atoms with Crippen molar-refractivity contribution >= 4 is 17.0 Å². The smallest absolute Gasteiger partial charge is 0.390 e. The van der Waals surface area contributed by atoms with Crippen LogP contribution in [0.5, 0.6) is 0 Å². The van der Waals surface area contributed by atoms with Gasteiger partial charge in [0.1, 0.15) is 0 Å². The van der Waals surface area contributed by atoms with Crippen molar-refractivity contribution in [3.63, 3.8) is 0 Å². The van der Waals surface area contributed by atoms with E-state index in [1.54, 1.807) is 24.3 Å². The molecule has 0 fully saturated rings. The van der Waals surface area contributed by atoms with E-state index in [0.717, 1.165) is 4.68 Å². The highest BCUT2D eigenvalue weighted by Crippen LogP contribution is 2.17. The monoisotopic (exact) mass is 178 g/mol. The summed E-state index contributed by atoms with van der Waals surface area (Å²) in [5.41, 5.74) is 1.07. The fraction of sp³-hybridized carbons (Fsp3) is 0. The van der Waals surface area contributed by atoms with E-state index in [0.29, 0.717) is 11.0 Å². The highest BCUT2D eigenvalue weighted by Gasteiger charge is 2.18. The van der Waals surface area contributed by atoms with Crippen molar-refractivity contribution < 1.29 is 4.92 Å². The predicted molar refractivity (Wildman–Crippen MR) is 46.5 cm³/mol. The third-order valence-electron chi connectivity index (χ3n) is 1.74. The minimum absolute atomic E-state index is 0.346. The summed E-state index contributed by atoms with van der Waals surface area (Å²) in [6, 6.07) is 6.84. The Morgan fingerprint density at radius 3 is 2.77 bits per heavy atom. The third-order valence-corrected chi connectivity index (χ3v) is 1.74. The molecule has 0 aliphatic rings. The molecule has 6 nitrogen and oxygen atoms in total. The number of hydrogen-bond donors (Lipinski definition) is 1. The van der Waals surface area contributed by atoms with Crippen LogP contribution in [0.4, 0.5) is 5.95 Å². The molecular formula is C7H6N4O2. The van der Waals surface area contributed by atoms with Crippen molar-refractivity contribution in [1.82, 2.24) is 9.66 Å².